The first-order chi connectivity index (χ1) is 12.7. The summed E-state index contributed by atoms with van der Waals surface area (Å²) in [6.07, 6.45) is 6.12. The molecule has 0 aliphatic rings. The van der Waals surface area contributed by atoms with Crippen LogP contribution in [0, 0.1) is 19.3 Å². The molecule has 1 aromatic carbocycles. The van der Waals surface area contributed by atoms with Crippen molar-refractivity contribution >= 4 is 41.3 Å². The summed E-state index contributed by atoms with van der Waals surface area (Å²) in [5, 5.41) is 9.75. The van der Waals surface area contributed by atoms with E-state index in [2.05, 4.69) is 31.9 Å². The summed E-state index contributed by atoms with van der Waals surface area (Å²) in [5.74, 6) is 4.48. The second-order valence-corrected chi connectivity index (χ2v) is 6.50. The molecular weight excluding hydrogens is 475 g/mol. The van der Waals surface area contributed by atoms with Gasteiger partial charge in [0.15, 0.2) is 17.5 Å². The first-order valence-corrected chi connectivity index (χ1v) is 9.13. The Labute approximate surface area is 181 Å². The Balaban J connectivity index is 0.00000364. The molecule has 2 N–H and O–H groups in total. The van der Waals surface area contributed by atoms with Crippen LogP contribution in [0.2, 0.25) is 0 Å². The lowest BCUT2D eigenvalue weighted by Crippen LogP contribution is -2.37. The number of nitrogens with zero attached hydrogens (tertiary/aromatic N) is 2. The van der Waals surface area contributed by atoms with Gasteiger partial charge in [-0.05, 0) is 24.6 Å². The number of ether oxygens (including phenoxy) is 2. The van der Waals surface area contributed by atoms with Crippen LogP contribution in [0.4, 0.5) is 0 Å². The number of rotatable bonds is 8. The molecule has 0 saturated heterocycles. The maximum atomic E-state index is 5.53. The van der Waals surface area contributed by atoms with Gasteiger partial charge < -0.3 is 20.1 Å². The van der Waals surface area contributed by atoms with Gasteiger partial charge in [-0.25, -0.2) is 4.98 Å². The van der Waals surface area contributed by atoms with E-state index in [0.29, 0.717) is 18.0 Å². The third kappa shape index (κ3) is 7.64. The lowest BCUT2D eigenvalue weighted by Gasteiger charge is -2.13. The Kier molecular flexibility index (Phi) is 10.6. The van der Waals surface area contributed by atoms with Crippen LogP contribution in [-0.2, 0) is 13.0 Å². The van der Waals surface area contributed by atoms with Crippen LogP contribution < -0.4 is 20.1 Å². The predicted octanol–water partition coefficient (Wildman–Crippen LogP) is 3.00. The van der Waals surface area contributed by atoms with Gasteiger partial charge in [-0.15, -0.1) is 41.7 Å². The second-order valence-electron chi connectivity index (χ2n) is 5.44. The number of aryl methyl sites for hydroxylation is 1. The van der Waals surface area contributed by atoms with Crippen molar-refractivity contribution in [2.24, 2.45) is 4.99 Å². The van der Waals surface area contributed by atoms with Crippen LogP contribution >= 0.6 is 35.3 Å². The zero-order chi connectivity index (χ0) is 18.8. The fraction of sp³-hybridized carbons (Fsp3) is 0.368. The number of aromatic nitrogens is 1. The van der Waals surface area contributed by atoms with Gasteiger partial charge in [-0.1, -0.05) is 12.0 Å². The molecule has 2 rings (SSSR count). The topological polar surface area (TPSA) is 67.8 Å². The lowest BCUT2D eigenvalue weighted by atomic mass is 10.2. The first kappa shape index (κ1) is 23.0. The largest absolute Gasteiger partial charge is 0.493 e. The molecule has 0 amide bonds. The van der Waals surface area contributed by atoms with E-state index < -0.39 is 0 Å². The van der Waals surface area contributed by atoms with Crippen LogP contribution in [0.25, 0.3) is 0 Å². The zero-order valence-electron chi connectivity index (χ0n) is 15.7. The number of nitrogens with one attached hydrogen (secondary N) is 2. The van der Waals surface area contributed by atoms with Gasteiger partial charge in [-0.3, -0.25) is 4.99 Å². The minimum atomic E-state index is 0. The van der Waals surface area contributed by atoms with Crippen LogP contribution in [0.1, 0.15) is 16.3 Å². The molecule has 27 heavy (non-hydrogen) atoms. The predicted molar refractivity (Wildman–Crippen MR) is 121 cm³/mol. The highest BCUT2D eigenvalue weighted by atomic mass is 127. The Morgan fingerprint density at radius 1 is 1.33 bits per heavy atom. The standard InChI is InChI=1S/C19H24N4O2S.HI/c1-5-10-25-18-11-15(6-7-17(18)24-4)12-22-19(20-3)21-9-8-16-13-26-14(2)23-16;/h1,6-7,11,13H,8-10,12H2,2-4H3,(H2,20,21,22);1H. The number of methoxy groups -OCH3 is 1. The van der Waals surface area contributed by atoms with Crippen molar-refractivity contribution in [2.45, 2.75) is 19.9 Å². The van der Waals surface area contributed by atoms with Gasteiger partial charge in [-0.2, -0.15) is 0 Å². The minimum absolute atomic E-state index is 0. The smallest absolute Gasteiger partial charge is 0.191 e. The summed E-state index contributed by atoms with van der Waals surface area (Å²) in [7, 11) is 3.35. The number of aliphatic imine (C=N–C) groups is 1. The molecule has 1 aromatic heterocycles. The summed E-state index contributed by atoms with van der Waals surface area (Å²) < 4.78 is 10.8. The summed E-state index contributed by atoms with van der Waals surface area (Å²) >= 11 is 1.67. The third-order valence-corrected chi connectivity index (χ3v) is 4.39. The highest BCUT2D eigenvalue weighted by molar-refractivity contribution is 14.0. The van der Waals surface area contributed by atoms with Crippen molar-refractivity contribution in [1.82, 2.24) is 15.6 Å². The Morgan fingerprint density at radius 2 is 2.15 bits per heavy atom. The van der Waals surface area contributed by atoms with E-state index in [1.165, 1.54) is 0 Å². The average molecular weight is 500 g/mol. The third-order valence-electron chi connectivity index (χ3n) is 3.56. The normalized spacial score (nSPS) is 10.5. The number of hydrogen-bond donors (Lipinski definition) is 2. The molecule has 1 heterocycles. The van der Waals surface area contributed by atoms with Crippen LogP contribution in [-0.4, -0.2) is 38.3 Å². The van der Waals surface area contributed by atoms with Crippen LogP contribution in [0.3, 0.4) is 0 Å². The molecule has 146 valence electrons. The molecule has 0 unspecified atom stereocenters. The van der Waals surface area contributed by atoms with E-state index in [1.54, 1.807) is 25.5 Å². The lowest BCUT2D eigenvalue weighted by molar-refractivity contribution is 0.330. The van der Waals surface area contributed by atoms with Crippen molar-refractivity contribution < 1.29 is 9.47 Å². The van der Waals surface area contributed by atoms with E-state index in [4.69, 9.17) is 15.9 Å². The fourth-order valence-electron chi connectivity index (χ4n) is 2.30. The van der Waals surface area contributed by atoms with Crippen molar-refractivity contribution in [2.75, 3.05) is 27.3 Å². The quantitative estimate of drug-likeness (QED) is 0.253. The first-order valence-electron chi connectivity index (χ1n) is 8.25. The van der Waals surface area contributed by atoms with Crippen molar-refractivity contribution in [1.29, 1.82) is 0 Å². The molecule has 0 atom stereocenters. The summed E-state index contributed by atoms with van der Waals surface area (Å²) in [4.78, 5) is 8.70. The summed E-state index contributed by atoms with van der Waals surface area (Å²) in [6, 6.07) is 5.75. The van der Waals surface area contributed by atoms with E-state index in [-0.39, 0.29) is 30.6 Å². The maximum absolute atomic E-state index is 5.53. The highest BCUT2D eigenvalue weighted by Crippen LogP contribution is 2.27. The van der Waals surface area contributed by atoms with Gasteiger partial charge in [0.2, 0.25) is 0 Å². The maximum Gasteiger partial charge on any atom is 0.191 e. The van der Waals surface area contributed by atoms with E-state index in [9.17, 15) is 0 Å². The van der Waals surface area contributed by atoms with E-state index in [1.807, 2.05) is 25.1 Å². The van der Waals surface area contributed by atoms with Gasteiger partial charge in [0.05, 0.1) is 17.8 Å². The summed E-state index contributed by atoms with van der Waals surface area (Å²) in [6.45, 7) is 3.58. The molecule has 0 radical (unpaired) electrons. The van der Waals surface area contributed by atoms with Crippen molar-refractivity contribution in [3.05, 3.63) is 39.8 Å². The minimum Gasteiger partial charge on any atom is -0.493 e. The van der Waals surface area contributed by atoms with Gasteiger partial charge in [0.25, 0.3) is 0 Å². The molecular formula is C19H25IN4O2S. The molecule has 0 fully saturated rings. The van der Waals surface area contributed by atoms with E-state index in [0.717, 1.165) is 35.2 Å². The van der Waals surface area contributed by atoms with Gasteiger partial charge in [0, 0.05) is 31.9 Å². The molecule has 2 aromatic rings. The monoisotopic (exact) mass is 500 g/mol. The number of hydrogen-bond acceptors (Lipinski definition) is 5. The molecule has 8 heteroatoms. The average Bonchev–Trinajstić information content (AvgIpc) is 3.07. The Bertz CT molecular complexity index is 786. The van der Waals surface area contributed by atoms with E-state index >= 15 is 0 Å². The van der Waals surface area contributed by atoms with Crippen molar-refractivity contribution in [3.63, 3.8) is 0 Å². The second kappa shape index (κ2) is 12.4. The Hall–Kier alpha value is -1.99. The molecule has 0 spiro atoms. The summed E-state index contributed by atoms with van der Waals surface area (Å²) in [5.41, 5.74) is 2.14. The van der Waals surface area contributed by atoms with Crippen LogP contribution in [0.15, 0.2) is 28.6 Å². The van der Waals surface area contributed by atoms with Gasteiger partial charge >= 0.3 is 0 Å². The Morgan fingerprint density at radius 3 is 2.78 bits per heavy atom. The van der Waals surface area contributed by atoms with Crippen molar-refractivity contribution in [3.8, 4) is 23.8 Å². The number of halogens is 1. The molecule has 0 aliphatic carbocycles. The number of benzene rings is 1. The molecule has 6 nitrogen and oxygen atoms in total. The zero-order valence-corrected chi connectivity index (χ0v) is 18.9. The molecule has 0 saturated carbocycles. The van der Waals surface area contributed by atoms with Crippen LogP contribution in [0.5, 0.6) is 11.5 Å². The highest BCUT2D eigenvalue weighted by Gasteiger charge is 2.06. The number of thiazole rings is 1. The number of terminal acetylenes is 1. The number of guanidine groups is 1. The fourth-order valence-corrected chi connectivity index (χ4v) is 2.95. The molecule has 0 aliphatic heterocycles. The van der Waals surface area contributed by atoms with Gasteiger partial charge in [0.1, 0.15) is 6.61 Å². The SMILES string of the molecule is C#CCOc1cc(CNC(=NC)NCCc2csc(C)n2)ccc1OC.I. The molecule has 0 bridgehead atoms.